The van der Waals surface area contributed by atoms with E-state index in [9.17, 15) is 43.2 Å². The number of esters is 4. The predicted octanol–water partition coefficient (Wildman–Crippen LogP) is 21.8. The third kappa shape index (κ3) is 67.3. The minimum atomic E-state index is -4.96. The molecule has 0 saturated carbocycles. The van der Waals surface area contributed by atoms with Gasteiger partial charge in [0.05, 0.1) is 26.4 Å². The molecule has 0 aliphatic rings. The van der Waals surface area contributed by atoms with Crippen molar-refractivity contribution in [3.63, 3.8) is 0 Å². The number of aliphatic hydroxyl groups excluding tert-OH is 1. The number of hydrogen-bond acceptors (Lipinski definition) is 15. The van der Waals surface area contributed by atoms with E-state index in [0.717, 1.165) is 108 Å². The first kappa shape index (κ1) is 92.1. The van der Waals surface area contributed by atoms with E-state index in [1.807, 2.05) is 0 Å². The van der Waals surface area contributed by atoms with Crippen LogP contribution in [0.5, 0.6) is 0 Å². The lowest BCUT2D eigenvalue weighted by molar-refractivity contribution is -0.161. The quantitative estimate of drug-likeness (QED) is 0.0222. The zero-order valence-corrected chi connectivity index (χ0v) is 63.2. The summed E-state index contributed by atoms with van der Waals surface area (Å²) >= 11 is 0. The lowest BCUT2D eigenvalue weighted by atomic mass is 9.99. The number of carbonyl (C=O) groups is 4. The average molecular weight is 1380 g/mol. The molecule has 19 heteroatoms. The topological polar surface area (TPSA) is 237 Å². The van der Waals surface area contributed by atoms with Crippen molar-refractivity contribution in [1.29, 1.82) is 0 Å². The predicted molar refractivity (Wildman–Crippen MR) is 381 cm³/mol. The van der Waals surface area contributed by atoms with E-state index in [0.29, 0.717) is 25.7 Å². The molecule has 0 aliphatic carbocycles. The highest BCUT2D eigenvalue weighted by atomic mass is 31.2. The Morgan fingerprint density at radius 1 is 0.309 bits per heavy atom. The number of phosphoric ester groups is 2. The van der Waals surface area contributed by atoms with E-state index in [-0.39, 0.29) is 25.7 Å². The van der Waals surface area contributed by atoms with Gasteiger partial charge in [-0.1, -0.05) is 331 Å². The molecule has 0 spiro atoms. The molecular formula is C75H146O17P2. The van der Waals surface area contributed by atoms with Crippen molar-refractivity contribution in [2.45, 2.75) is 401 Å². The number of carbonyl (C=O) groups excluding carboxylic acids is 4. The van der Waals surface area contributed by atoms with Crippen LogP contribution in [0.15, 0.2) is 0 Å². The molecule has 0 heterocycles. The van der Waals surface area contributed by atoms with Crippen molar-refractivity contribution < 1.29 is 80.2 Å². The number of aliphatic hydroxyl groups is 1. The van der Waals surface area contributed by atoms with Crippen LogP contribution in [0.25, 0.3) is 0 Å². The van der Waals surface area contributed by atoms with E-state index in [4.69, 9.17) is 37.0 Å². The number of phosphoric acid groups is 2. The number of unbranched alkanes of at least 4 members (excludes halogenated alkanes) is 40. The second-order valence-corrected chi connectivity index (χ2v) is 31.1. The first-order valence-electron chi connectivity index (χ1n) is 38.9. The first-order valence-corrected chi connectivity index (χ1v) is 41.9. The van der Waals surface area contributed by atoms with E-state index >= 15 is 0 Å². The fraction of sp³-hybridized carbons (Fsp3) is 0.947. The van der Waals surface area contributed by atoms with Crippen LogP contribution in [0.2, 0.25) is 0 Å². The molecule has 0 aromatic carbocycles. The van der Waals surface area contributed by atoms with Crippen LogP contribution in [0, 0.1) is 17.8 Å². The van der Waals surface area contributed by atoms with Crippen molar-refractivity contribution in [2.24, 2.45) is 17.8 Å². The van der Waals surface area contributed by atoms with Gasteiger partial charge in [0.1, 0.15) is 19.3 Å². The number of rotatable bonds is 73. The van der Waals surface area contributed by atoms with Gasteiger partial charge in [-0.2, -0.15) is 0 Å². The summed E-state index contributed by atoms with van der Waals surface area (Å²) in [6.07, 6.45) is 51.2. The zero-order chi connectivity index (χ0) is 69.4. The van der Waals surface area contributed by atoms with Gasteiger partial charge in [0, 0.05) is 25.7 Å². The van der Waals surface area contributed by atoms with Gasteiger partial charge < -0.3 is 33.8 Å². The van der Waals surface area contributed by atoms with Gasteiger partial charge in [-0.05, 0) is 43.4 Å². The molecule has 0 saturated heterocycles. The maximum atomic E-state index is 13.1. The molecule has 0 radical (unpaired) electrons. The van der Waals surface area contributed by atoms with Crippen LogP contribution in [0.1, 0.15) is 382 Å². The zero-order valence-electron chi connectivity index (χ0n) is 61.4. The van der Waals surface area contributed by atoms with E-state index < -0.39 is 97.5 Å². The Hall–Kier alpha value is -1.94. The number of ether oxygens (including phenoxy) is 4. The standard InChI is InChI=1S/C75H146O17P2/c1-8-10-11-12-13-14-15-21-27-35-42-49-56-72(77)85-63-71(92-75(80)59-52-45-38-31-30-34-41-48-55-68(7)9-2)65-90-94(83,84)88-61-69(76)60-87-93(81,82)89-64-70(62-86-73(78)57-50-43-36-28-24-23-26-33-40-47-54-67(5)6)91-74(79)58-51-44-37-29-22-19-17-16-18-20-25-32-39-46-53-66(3)4/h66-71,76H,8-65H2,1-7H3,(H,81,82)(H,83,84)/t68?,69-,70-,71-/m1/s1. The normalized spacial score (nSPS) is 14.4. The summed E-state index contributed by atoms with van der Waals surface area (Å²) in [6, 6.07) is 0. The van der Waals surface area contributed by atoms with Crippen LogP contribution in [0.3, 0.4) is 0 Å². The third-order valence-electron chi connectivity index (χ3n) is 17.7. The first-order chi connectivity index (χ1) is 45.3. The van der Waals surface area contributed by atoms with Gasteiger partial charge >= 0.3 is 39.5 Å². The molecule has 0 fully saturated rings. The molecule has 0 rings (SSSR count). The Bertz CT molecular complexity index is 1840. The summed E-state index contributed by atoms with van der Waals surface area (Å²) < 4.78 is 68.5. The monoisotopic (exact) mass is 1380 g/mol. The van der Waals surface area contributed by atoms with Gasteiger partial charge in [0.25, 0.3) is 0 Å². The van der Waals surface area contributed by atoms with E-state index in [2.05, 4.69) is 48.5 Å². The summed E-state index contributed by atoms with van der Waals surface area (Å²) in [7, 11) is -9.91. The second kappa shape index (κ2) is 65.7. The minimum Gasteiger partial charge on any atom is -0.462 e. The van der Waals surface area contributed by atoms with Gasteiger partial charge in [-0.3, -0.25) is 37.3 Å². The van der Waals surface area contributed by atoms with Gasteiger partial charge in [0.2, 0.25) is 0 Å². The molecular weight excluding hydrogens is 1230 g/mol. The highest BCUT2D eigenvalue weighted by Gasteiger charge is 2.30. The molecule has 0 aromatic rings. The van der Waals surface area contributed by atoms with Crippen molar-refractivity contribution in [1.82, 2.24) is 0 Å². The Balaban J connectivity index is 5.26. The summed E-state index contributed by atoms with van der Waals surface area (Å²) in [5.74, 6) is 0.204. The Labute approximate surface area is 575 Å². The molecule has 558 valence electrons. The molecule has 17 nitrogen and oxygen atoms in total. The van der Waals surface area contributed by atoms with Crippen molar-refractivity contribution in [3.8, 4) is 0 Å². The molecule has 3 unspecified atom stereocenters. The van der Waals surface area contributed by atoms with Crippen LogP contribution < -0.4 is 0 Å². The fourth-order valence-electron chi connectivity index (χ4n) is 11.4. The Morgan fingerprint density at radius 2 is 0.543 bits per heavy atom. The molecule has 0 aliphatic heterocycles. The Morgan fingerprint density at radius 3 is 0.809 bits per heavy atom. The van der Waals surface area contributed by atoms with Crippen molar-refractivity contribution >= 4 is 39.5 Å². The third-order valence-corrected chi connectivity index (χ3v) is 19.6. The van der Waals surface area contributed by atoms with Crippen LogP contribution in [-0.4, -0.2) is 96.7 Å². The summed E-state index contributed by atoms with van der Waals surface area (Å²) in [5.41, 5.74) is 0. The largest absolute Gasteiger partial charge is 0.472 e. The van der Waals surface area contributed by atoms with Crippen LogP contribution in [0.4, 0.5) is 0 Å². The molecule has 94 heavy (non-hydrogen) atoms. The van der Waals surface area contributed by atoms with Gasteiger partial charge in [-0.15, -0.1) is 0 Å². The lowest BCUT2D eigenvalue weighted by Crippen LogP contribution is -2.30. The summed E-state index contributed by atoms with van der Waals surface area (Å²) in [6.45, 7) is 11.9. The minimum absolute atomic E-state index is 0.105. The van der Waals surface area contributed by atoms with Crippen LogP contribution in [-0.2, 0) is 65.4 Å². The second-order valence-electron chi connectivity index (χ2n) is 28.2. The fourth-order valence-corrected chi connectivity index (χ4v) is 13.0. The lowest BCUT2D eigenvalue weighted by Gasteiger charge is -2.21. The van der Waals surface area contributed by atoms with E-state index in [1.54, 1.807) is 0 Å². The van der Waals surface area contributed by atoms with Gasteiger partial charge in [-0.25, -0.2) is 9.13 Å². The van der Waals surface area contributed by atoms with Crippen molar-refractivity contribution in [3.05, 3.63) is 0 Å². The average Bonchev–Trinajstić information content (AvgIpc) is 1.47. The molecule has 6 atom stereocenters. The smallest absolute Gasteiger partial charge is 0.462 e. The molecule has 3 N–H and O–H groups in total. The SMILES string of the molecule is CCCCCCCCCCCCCCC(=O)OC[C@H](COP(=O)(O)OC[C@H](O)COP(=O)(O)OC[C@@H](COC(=O)CCCCCCCCCCCCC(C)C)OC(=O)CCCCCCCCCCCCCCCCC(C)C)OC(=O)CCCCCCCCCCC(C)CC. The van der Waals surface area contributed by atoms with E-state index in [1.165, 1.54) is 193 Å². The molecule has 0 bridgehead atoms. The maximum absolute atomic E-state index is 13.1. The number of hydrogen-bond donors (Lipinski definition) is 3. The van der Waals surface area contributed by atoms with Crippen molar-refractivity contribution in [2.75, 3.05) is 39.6 Å². The summed E-state index contributed by atoms with van der Waals surface area (Å²) in [5, 5.41) is 10.6. The Kier molecular flexibility index (Phi) is 64.3. The molecule has 0 amide bonds. The summed E-state index contributed by atoms with van der Waals surface area (Å²) in [4.78, 5) is 72.8. The highest BCUT2D eigenvalue weighted by Crippen LogP contribution is 2.45. The molecule has 0 aromatic heterocycles. The highest BCUT2D eigenvalue weighted by molar-refractivity contribution is 7.47. The van der Waals surface area contributed by atoms with Crippen LogP contribution >= 0.6 is 15.6 Å². The maximum Gasteiger partial charge on any atom is 0.472 e. The van der Waals surface area contributed by atoms with Gasteiger partial charge in [0.15, 0.2) is 12.2 Å².